The third kappa shape index (κ3) is 2.57. The second-order valence-electron chi connectivity index (χ2n) is 3.19. The van der Waals surface area contributed by atoms with Gasteiger partial charge in [-0.15, -0.1) is 0 Å². The van der Waals surface area contributed by atoms with E-state index in [1.54, 1.807) is 6.26 Å². The first-order valence-corrected chi connectivity index (χ1v) is 4.71. The molecule has 1 aromatic heterocycles. The first-order valence-electron chi connectivity index (χ1n) is 4.71. The van der Waals surface area contributed by atoms with Crippen LogP contribution in [-0.2, 0) is 16.1 Å². The van der Waals surface area contributed by atoms with Crippen molar-refractivity contribution in [3.8, 4) is 0 Å². The van der Waals surface area contributed by atoms with E-state index in [4.69, 9.17) is 13.9 Å². The van der Waals surface area contributed by atoms with E-state index < -0.39 is 0 Å². The third-order valence-electron chi connectivity index (χ3n) is 2.13. The number of ether oxygens (including phenoxy) is 2. The van der Waals surface area contributed by atoms with Crippen molar-refractivity contribution in [2.24, 2.45) is 0 Å². The van der Waals surface area contributed by atoms with Crippen LogP contribution in [-0.4, -0.2) is 12.9 Å². The molecule has 0 spiro atoms. The molecule has 72 valence electrons. The SMILES string of the molecule is c1coc(COC2CCCCO2)c1. The predicted octanol–water partition coefficient (Wildman–Crippen LogP) is 2.32. The van der Waals surface area contributed by atoms with Crippen molar-refractivity contribution in [1.29, 1.82) is 0 Å². The minimum Gasteiger partial charge on any atom is -0.467 e. The maximum absolute atomic E-state index is 5.51. The van der Waals surface area contributed by atoms with E-state index in [2.05, 4.69) is 0 Å². The van der Waals surface area contributed by atoms with Crippen molar-refractivity contribution in [3.05, 3.63) is 24.2 Å². The van der Waals surface area contributed by atoms with E-state index in [1.807, 2.05) is 12.1 Å². The summed E-state index contributed by atoms with van der Waals surface area (Å²) >= 11 is 0. The number of hydrogen-bond acceptors (Lipinski definition) is 3. The van der Waals surface area contributed by atoms with Crippen molar-refractivity contribution in [2.45, 2.75) is 32.2 Å². The molecule has 1 unspecified atom stereocenters. The summed E-state index contributed by atoms with van der Waals surface area (Å²) in [5.41, 5.74) is 0. The molecule has 1 fully saturated rings. The van der Waals surface area contributed by atoms with Crippen molar-refractivity contribution >= 4 is 0 Å². The quantitative estimate of drug-likeness (QED) is 0.719. The van der Waals surface area contributed by atoms with E-state index in [-0.39, 0.29) is 6.29 Å². The molecule has 0 bridgehead atoms. The van der Waals surface area contributed by atoms with Gasteiger partial charge in [-0.3, -0.25) is 0 Å². The zero-order chi connectivity index (χ0) is 8.93. The van der Waals surface area contributed by atoms with Crippen LogP contribution in [0.3, 0.4) is 0 Å². The van der Waals surface area contributed by atoms with Gasteiger partial charge in [0.2, 0.25) is 0 Å². The molecule has 0 N–H and O–H groups in total. The van der Waals surface area contributed by atoms with Gasteiger partial charge in [0.15, 0.2) is 6.29 Å². The lowest BCUT2D eigenvalue weighted by Crippen LogP contribution is -2.21. The van der Waals surface area contributed by atoms with Gasteiger partial charge < -0.3 is 13.9 Å². The van der Waals surface area contributed by atoms with Gasteiger partial charge in [0.05, 0.1) is 6.26 Å². The maximum Gasteiger partial charge on any atom is 0.158 e. The molecule has 1 aliphatic heterocycles. The highest BCUT2D eigenvalue weighted by Gasteiger charge is 2.14. The molecular formula is C10H14O3. The normalized spacial score (nSPS) is 23.2. The zero-order valence-electron chi connectivity index (χ0n) is 7.57. The minimum absolute atomic E-state index is 0.0288. The highest BCUT2D eigenvalue weighted by atomic mass is 16.7. The fraction of sp³-hybridized carbons (Fsp3) is 0.600. The Kier molecular flexibility index (Phi) is 3.00. The van der Waals surface area contributed by atoms with E-state index in [0.29, 0.717) is 6.61 Å². The summed E-state index contributed by atoms with van der Waals surface area (Å²) in [5, 5.41) is 0. The van der Waals surface area contributed by atoms with Gasteiger partial charge in [-0.05, 0) is 31.4 Å². The van der Waals surface area contributed by atoms with Crippen molar-refractivity contribution in [1.82, 2.24) is 0 Å². The molecule has 3 nitrogen and oxygen atoms in total. The molecule has 3 heteroatoms. The minimum atomic E-state index is -0.0288. The molecule has 2 heterocycles. The van der Waals surface area contributed by atoms with Crippen LogP contribution in [0.4, 0.5) is 0 Å². The van der Waals surface area contributed by atoms with Crippen LogP contribution in [0.25, 0.3) is 0 Å². The molecule has 1 aromatic rings. The lowest BCUT2D eigenvalue weighted by atomic mass is 10.2. The van der Waals surface area contributed by atoms with E-state index in [9.17, 15) is 0 Å². The molecular weight excluding hydrogens is 168 g/mol. The summed E-state index contributed by atoms with van der Waals surface area (Å²) in [6.45, 7) is 1.33. The lowest BCUT2D eigenvalue weighted by molar-refractivity contribution is -0.171. The fourth-order valence-electron chi connectivity index (χ4n) is 1.41. The Morgan fingerprint density at radius 1 is 1.46 bits per heavy atom. The fourth-order valence-corrected chi connectivity index (χ4v) is 1.41. The van der Waals surface area contributed by atoms with Crippen LogP contribution < -0.4 is 0 Å². The van der Waals surface area contributed by atoms with Crippen molar-refractivity contribution in [3.63, 3.8) is 0 Å². The Morgan fingerprint density at radius 2 is 2.46 bits per heavy atom. The van der Waals surface area contributed by atoms with Gasteiger partial charge >= 0.3 is 0 Å². The topological polar surface area (TPSA) is 31.6 Å². The Morgan fingerprint density at radius 3 is 3.15 bits per heavy atom. The lowest BCUT2D eigenvalue weighted by Gasteiger charge is -2.22. The second-order valence-corrected chi connectivity index (χ2v) is 3.19. The van der Waals surface area contributed by atoms with Gasteiger partial charge in [0.25, 0.3) is 0 Å². The molecule has 0 saturated carbocycles. The summed E-state index contributed by atoms with van der Waals surface area (Å²) < 4.78 is 16.1. The molecule has 1 saturated heterocycles. The predicted molar refractivity (Wildman–Crippen MR) is 47.1 cm³/mol. The highest BCUT2D eigenvalue weighted by molar-refractivity contribution is 4.96. The Bertz CT molecular complexity index is 224. The smallest absolute Gasteiger partial charge is 0.158 e. The molecule has 0 aromatic carbocycles. The zero-order valence-corrected chi connectivity index (χ0v) is 7.57. The van der Waals surface area contributed by atoms with Gasteiger partial charge in [0, 0.05) is 6.61 Å². The summed E-state index contributed by atoms with van der Waals surface area (Å²) in [6.07, 6.45) is 4.98. The molecule has 1 aliphatic rings. The average molecular weight is 182 g/mol. The molecule has 13 heavy (non-hydrogen) atoms. The largest absolute Gasteiger partial charge is 0.467 e. The van der Waals surface area contributed by atoms with Crippen molar-refractivity contribution in [2.75, 3.05) is 6.61 Å². The van der Waals surface area contributed by atoms with Crippen molar-refractivity contribution < 1.29 is 13.9 Å². The van der Waals surface area contributed by atoms with Crippen LogP contribution >= 0.6 is 0 Å². The summed E-state index contributed by atoms with van der Waals surface area (Å²) in [6, 6.07) is 3.77. The van der Waals surface area contributed by atoms with Gasteiger partial charge in [0.1, 0.15) is 12.4 Å². The van der Waals surface area contributed by atoms with Crippen LogP contribution in [0.2, 0.25) is 0 Å². The summed E-state index contributed by atoms with van der Waals surface area (Å²) in [4.78, 5) is 0. The van der Waals surface area contributed by atoms with E-state index in [0.717, 1.165) is 25.2 Å². The van der Waals surface area contributed by atoms with Gasteiger partial charge in [-0.1, -0.05) is 0 Å². The molecule has 0 radical (unpaired) electrons. The molecule has 2 rings (SSSR count). The maximum atomic E-state index is 5.51. The first-order chi connectivity index (χ1) is 6.45. The summed E-state index contributed by atoms with van der Waals surface area (Å²) in [5.74, 6) is 0.856. The Hall–Kier alpha value is -0.800. The van der Waals surface area contributed by atoms with E-state index in [1.165, 1.54) is 6.42 Å². The number of hydrogen-bond donors (Lipinski definition) is 0. The van der Waals surface area contributed by atoms with Gasteiger partial charge in [-0.2, -0.15) is 0 Å². The number of furan rings is 1. The Balaban J connectivity index is 1.72. The molecule has 0 aliphatic carbocycles. The number of rotatable bonds is 3. The first kappa shape index (κ1) is 8.78. The van der Waals surface area contributed by atoms with Gasteiger partial charge in [-0.25, -0.2) is 0 Å². The van der Waals surface area contributed by atoms with Crippen LogP contribution in [0.15, 0.2) is 22.8 Å². The Labute approximate surface area is 77.6 Å². The van der Waals surface area contributed by atoms with E-state index >= 15 is 0 Å². The van der Waals surface area contributed by atoms with Crippen LogP contribution in [0.1, 0.15) is 25.0 Å². The summed E-state index contributed by atoms with van der Waals surface area (Å²) in [7, 11) is 0. The molecule has 1 atom stereocenters. The second kappa shape index (κ2) is 4.44. The monoisotopic (exact) mass is 182 g/mol. The van der Waals surface area contributed by atoms with Crippen LogP contribution in [0.5, 0.6) is 0 Å². The highest BCUT2D eigenvalue weighted by Crippen LogP contribution is 2.15. The third-order valence-corrected chi connectivity index (χ3v) is 2.13. The molecule has 0 amide bonds. The standard InChI is InChI=1S/C10H14O3/c1-2-6-12-10(5-1)13-8-9-4-3-7-11-9/h3-4,7,10H,1-2,5-6,8H2. The van der Waals surface area contributed by atoms with Crippen LogP contribution in [0, 0.1) is 0 Å². The average Bonchev–Trinajstić information content (AvgIpc) is 2.69.